The highest BCUT2D eigenvalue weighted by molar-refractivity contribution is 7.17. The Morgan fingerprint density at radius 1 is 1.03 bits per heavy atom. The number of hydrogen-bond acceptors (Lipinski definition) is 8. The number of thiophene rings is 1. The molecule has 0 saturated carbocycles. The first kappa shape index (κ1) is 26.6. The fourth-order valence-electron chi connectivity index (χ4n) is 4.95. The summed E-state index contributed by atoms with van der Waals surface area (Å²) < 4.78 is 25.2. The van der Waals surface area contributed by atoms with Crippen molar-refractivity contribution >= 4 is 44.7 Å². The van der Waals surface area contributed by atoms with Gasteiger partial charge in [0.15, 0.2) is 0 Å². The molecule has 1 saturated heterocycles. The van der Waals surface area contributed by atoms with Crippen molar-refractivity contribution in [2.24, 2.45) is 0 Å². The first-order valence-electron chi connectivity index (χ1n) is 12.9. The van der Waals surface area contributed by atoms with Gasteiger partial charge < -0.3 is 19.2 Å². The molecule has 0 bridgehead atoms. The Labute approximate surface area is 225 Å². The van der Waals surface area contributed by atoms with Crippen molar-refractivity contribution in [3.05, 3.63) is 58.7 Å². The molecule has 0 N–H and O–H groups in total. The number of ether oxygens (including phenoxy) is 2. The van der Waals surface area contributed by atoms with Crippen LogP contribution in [0.25, 0.3) is 10.1 Å². The predicted octanol–water partition coefficient (Wildman–Crippen LogP) is 3.81. The number of hydrogen-bond donors (Lipinski definition) is 0. The fourth-order valence-corrected chi connectivity index (χ4v) is 5.78. The van der Waals surface area contributed by atoms with E-state index in [4.69, 9.17) is 14.3 Å². The number of hydroxylamine groups is 1. The largest absolute Gasteiger partial charge is 0.382 e. The quantitative estimate of drug-likeness (QED) is 0.362. The van der Waals surface area contributed by atoms with Crippen molar-refractivity contribution in [2.45, 2.75) is 19.3 Å². The van der Waals surface area contributed by atoms with E-state index in [9.17, 15) is 14.0 Å². The van der Waals surface area contributed by atoms with Gasteiger partial charge in [-0.1, -0.05) is 12.1 Å². The number of amides is 1. The Bertz CT molecular complexity index is 1290. The zero-order valence-electron chi connectivity index (χ0n) is 21.5. The number of piperazine rings is 1. The highest BCUT2D eigenvalue weighted by Crippen LogP contribution is 2.33. The number of carbonyl (C=O) groups is 2. The standard InChI is InChI=1S/C28H32FN3O5S/c1-35-13-14-36-19-28(34)37-32-24-16-20(2-3-21(24)4-5-27(32)33)6-8-30-9-11-31(12-10-30)25-17-22(29)18-26-23(25)7-15-38-26/h2-3,7,15-18H,4-6,8-14,19H2,1H3. The zero-order valence-corrected chi connectivity index (χ0v) is 22.3. The molecule has 0 unspecified atom stereocenters. The number of methoxy groups -OCH3 is 1. The van der Waals surface area contributed by atoms with Gasteiger partial charge in [-0.05, 0) is 53.6 Å². The number of rotatable bonds is 10. The van der Waals surface area contributed by atoms with Crippen molar-refractivity contribution in [3.63, 3.8) is 0 Å². The highest BCUT2D eigenvalue weighted by Gasteiger charge is 2.28. The summed E-state index contributed by atoms with van der Waals surface area (Å²) in [5.74, 6) is -1.06. The van der Waals surface area contributed by atoms with Gasteiger partial charge in [0.25, 0.3) is 5.91 Å². The number of fused-ring (bicyclic) bond motifs is 2. The summed E-state index contributed by atoms with van der Waals surface area (Å²) in [6.07, 6.45) is 1.71. The lowest BCUT2D eigenvalue weighted by Gasteiger charge is -2.36. The Morgan fingerprint density at radius 2 is 1.87 bits per heavy atom. The molecule has 1 aromatic heterocycles. The molecule has 8 nitrogen and oxygen atoms in total. The molecule has 3 aromatic rings. The van der Waals surface area contributed by atoms with Crippen molar-refractivity contribution in [1.82, 2.24) is 4.90 Å². The normalized spacial score (nSPS) is 16.2. The van der Waals surface area contributed by atoms with Crippen LogP contribution in [0.15, 0.2) is 41.8 Å². The highest BCUT2D eigenvalue weighted by atomic mass is 32.1. The minimum Gasteiger partial charge on any atom is -0.382 e. The van der Waals surface area contributed by atoms with Crippen LogP contribution < -0.4 is 9.96 Å². The van der Waals surface area contributed by atoms with E-state index in [1.54, 1.807) is 30.6 Å². The summed E-state index contributed by atoms with van der Waals surface area (Å²) in [4.78, 5) is 34.9. The second-order valence-electron chi connectivity index (χ2n) is 9.50. The smallest absolute Gasteiger partial charge is 0.358 e. The van der Waals surface area contributed by atoms with Gasteiger partial charge in [-0.2, -0.15) is 0 Å². The van der Waals surface area contributed by atoms with E-state index in [1.165, 1.54) is 0 Å². The van der Waals surface area contributed by atoms with Crippen LogP contribution >= 0.6 is 11.3 Å². The van der Waals surface area contributed by atoms with E-state index >= 15 is 0 Å². The van der Waals surface area contributed by atoms with Crippen molar-refractivity contribution in [1.29, 1.82) is 0 Å². The Balaban J connectivity index is 1.17. The van der Waals surface area contributed by atoms with Gasteiger partial charge in [-0.25, -0.2) is 9.18 Å². The zero-order chi connectivity index (χ0) is 26.5. The van der Waals surface area contributed by atoms with Crippen LogP contribution in [0, 0.1) is 5.82 Å². The molecule has 3 heterocycles. The average Bonchev–Trinajstić information content (AvgIpc) is 3.40. The first-order chi connectivity index (χ1) is 18.5. The maximum atomic E-state index is 14.1. The van der Waals surface area contributed by atoms with Gasteiger partial charge in [0.2, 0.25) is 0 Å². The molecule has 0 spiro atoms. The van der Waals surface area contributed by atoms with Crippen LogP contribution in [0.2, 0.25) is 0 Å². The van der Waals surface area contributed by atoms with E-state index < -0.39 is 5.97 Å². The molecule has 1 amide bonds. The first-order valence-corrected chi connectivity index (χ1v) is 13.8. The van der Waals surface area contributed by atoms with Gasteiger partial charge in [0.05, 0.1) is 18.9 Å². The second-order valence-corrected chi connectivity index (χ2v) is 10.4. The number of anilines is 2. The van der Waals surface area contributed by atoms with E-state index in [-0.39, 0.29) is 31.4 Å². The molecule has 202 valence electrons. The molecule has 0 radical (unpaired) electrons. The molecule has 2 aromatic carbocycles. The fraction of sp³-hybridized carbons (Fsp3) is 0.429. The minimum atomic E-state index is -0.622. The maximum absolute atomic E-state index is 14.1. The third kappa shape index (κ3) is 6.15. The van der Waals surface area contributed by atoms with Gasteiger partial charge in [-0.3, -0.25) is 9.69 Å². The molecule has 0 atom stereocenters. The second kappa shape index (κ2) is 12.2. The molecular formula is C28H32FN3O5S. The third-order valence-electron chi connectivity index (χ3n) is 6.99. The van der Waals surface area contributed by atoms with Crippen molar-refractivity contribution in [3.8, 4) is 0 Å². The Morgan fingerprint density at radius 3 is 2.68 bits per heavy atom. The summed E-state index contributed by atoms with van der Waals surface area (Å²) in [6, 6.07) is 11.4. The van der Waals surface area contributed by atoms with Crippen LogP contribution in [-0.2, 0) is 36.7 Å². The number of benzene rings is 2. The van der Waals surface area contributed by atoms with Crippen molar-refractivity contribution < 1.29 is 28.3 Å². The predicted molar refractivity (Wildman–Crippen MR) is 145 cm³/mol. The van der Waals surface area contributed by atoms with Gasteiger partial charge in [-0.15, -0.1) is 16.4 Å². The van der Waals surface area contributed by atoms with Crippen LogP contribution in [0.3, 0.4) is 0 Å². The van der Waals surface area contributed by atoms with Gasteiger partial charge in [0, 0.05) is 62.0 Å². The minimum absolute atomic E-state index is 0.193. The lowest BCUT2D eigenvalue weighted by molar-refractivity contribution is -0.155. The number of nitrogens with zero attached hydrogens (tertiary/aromatic N) is 3. The van der Waals surface area contributed by atoms with Crippen molar-refractivity contribution in [2.75, 3.05) is 69.6 Å². The molecule has 10 heteroatoms. The monoisotopic (exact) mass is 541 g/mol. The van der Waals surface area contributed by atoms with Gasteiger partial charge in [0.1, 0.15) is 12.4 Å². The summed E-state index contributed by atoms with van der Waals surface area (Å²) in [7, 11) is 1.55. The summed E-state index contributed by atoms with van der Waals surface area (Å²) in [5, 5.41) is 4.24. The topological polar surface area (TPSA) is 71.5 Å². The van der Waals surface area contributed by atoms with Crippen LogP contribution in [-0.4, -0.2) is 76.4 Å². The molecule has 5 rings (SSSR count). The number of aryl methyl sites for hydroxylation is 1. The average molecular weight is 542 g/mol. The lowest BCUT2D eigenvalue weighted by Crippen LogP contribution is -2.47. The van der Waals surface area contributed by atoms with E-state index in [1.807, 2.05) is 17.5 Å². The molecular weight excluding hydrogens is 509 g/mol. The van der Waals surface area contributed by atoms with Gasteiger partial charge >= 0.3 is 5.97 Å². The van der Waals surface area contributed by atoms with E-state index in [0.717, 1.165) is 71.1 Å². The number of carbonyl (C=O) groups excluding carboxylic acids is 2. The molecule has 1 fully saturated rings. The van der Waals surface area contributed by atoms with E-state index in [2.05, 4.69) is 21.9 Å². The SMILES string of the molecule is COCCOCC(=O)ON1C(=O)CCc2ccc(CCN3CCN(c4cc(F)cc5sccc45)CC3)cc21. The maximum Gasteiger partial charge on any atom is 0.358 e. The Hall–Kier alpha value is -3.05. The van der Waals surface area contributed by atoms with Crippen LogP contribution in [0.4, 0.5) is 15.8 Å². The van der Waals surface area contributed by atoms with Crippen LogP contribution in [0.1, 0.15) is 17.5 Å². The molecule has 2 aliphatic rings. The summed E-state index contributed by atoms with van der Waals surface area (Å²) in [6.45, 7) is 4.71. The summed E-state index contributed by atoms with van der Waals surface area (Å²) >= 11 is 1.56. The summed E-state index contributed by atoms with van der Waals surface area (Å²) in [5.41, 5.74) is 3.65. The lowest BCUT2D eigenvalue weighted by atomic mass is 9.99. The Kier molecular flexibility index (Phi) is 8.53. The molecule has 0 aliphatic carbocycles. The van der Waals surface area contributed by atoms with E-state index in [0.29, 0.717) is 18.7 Å². The third-order valence-corrected chi connectivity index (χ3v) is 7.86. The molecule has 2 aliphatic heterocycles. The number of halogens is 1. The van der Waals surface area contributed by atoms with Crippen LogP contribution in [0.5, 0.6) is 0 Å². The molecule has 38 heavy (non-hydrogen) atoms.